The zero-order chi connectivity index (χ0) is 23.0. The van der Waals surface area contributed by atoms with Crippen molar-refractivity contribution in [2.75, 3.05) is 20.2 Å². The van der Waals surface area contributed by atoms with Gasteiger partial charge in [-0.15, -0.1) is 24.8 Å². The Hall–Kier alpha value is -2.02. The van der Waals surface area contributed by atoms with Crippen LogP contribution in [-0.4, -0.2) is 31.1 Å². The van der Waals surface area contributed by atoms with E-state index < -0.39 is 0 Å². The Morgan fingerprint density at radius 2 is 1.69 bits per heavy atom. The Kier molecular flexibility index (Phi) is 12.1. The summed E-state index contributed by atoms with van der Waals surface area (Å²) in [5.74, 6) is 0.811. The average molecular weight is 542 g/mol. The number of hydrogen-bond donors (Lipinski definition) is 1. The smallest absolute Gasteiger partial charge is 0.161 e. The number of methoxy groups -OCH3 is 1. The lowest BCUT2D eigenvalue weighted by Crippen LogP contribution is -2.41. The number of ether oxygens (including phenoxy) is 2. The maximum Gasteiger partial charge on any atom is 0.161 e. The third-order valence-corrected chi connectivity index (χ3v) is 6.45. The Morgan fingerprint density at radius 3 is 2.37 bits per heavy atom. The summed E-state index contributed by atoms with van der Waals surface area (Å²) in [7, 11) is 1.61. The highest BCUT2D eigenvalue weighted by Gasteiger charge is 2.19. The lowest BCUT2D eigenvalue weighted by Gasteiger charge is -2.32. The van der Waals surface area contributed by atoms with Gasteiger partial charge in [-0.05, 0) is 61.3 Å². The topological polar surface area (TPSA) is 33.7 Å². The van der Waals surface area contributed by atoms with Crippen LogP contribution in [0.25, 0.3) is 0 Å². The molecular formula is C27H32Cl3FN2O2. The second-order valence-corrected chi connectivity index (χ2v) is 8.80. The molecule has 0 aromatic heterocycles. The molecule has 8 heteroatoms. The molecule has 1 N–H and O–H groups in total. The van der Waals surface area contributed by atoms with E-state index in [1.807, 2.05) is 18.2 Å². The highest BCUT2D eigenvalue weighted by molar-refractivity contribution is 6.31. The monoisotopic (exact) mass is 540 g/mol. The van der Waals surface area contributed by atoms with Gasteiger partial charge >= 0.3 is 0 Å². The molecule has 0 atom stereocenters. The van der Waals surface area contributed by atoms with Gasteiger partial charge in [0, 0.05) is 24.7 Å². The van der Waals surface area contributed by atoms with Gasteiger partial charge in [0.2, 0.25) is 0 Å². The minimum absolute atomic E-state index is 0. The summed E-state index contributed by atoms with van der Waals surface area (Å²) in [6, 6.07) is 21.6. The van der Waals surface area contributed by atoms with Crippen LogP contribution in [0.1, 0.15) is 29.5 Å². The van der Waals surface area contributed by atoms with Crippen LogP contribution in [0.2, 0.25) is 5.02 Å². The molecule has 1 aliphatic heterocycles. The number of rotatable bonds is 9. The molecular weight excluding hydrogens is 510 g/mol. The number of piperidine rings is 1. The Morgan fingerprint density at radius 1 is 0.943 bits per heavy atom. The molecule has 0 saturated carbocycles. The number of likely N-dealkylation sites (tertiary alicyclic amines) is 1. The predicted molar refractivity (Wildman–Crippen MR) is 145 cm³/mol. The van der Waals surface area contributed by atoms with Crippen molar-refractivity contribution in [1.29, 1.82) is 0 Å². The van der Waals surface area contributed by atoms with Gasteiger partial charge in [0.25, 0.3) is 0 Å². The summed E-state index contributed by atoms with van der Waals surface area (Å²) < 4.78 is 25.3. The van der Waals surface area contributed by atoms with Crippen LogP contribution in [-0.2, 0) is 19.7 Å². The van der Waals surface area contributed by atoms with E-state index in [1.165, 1.54) is 11.6 Å². The maximum absolute atomic E-state index is 14.0. The number of nitrogens with one attached hydrogen (secondary N) is 1. The summed E-state index contributed by atoms with van der Waals surface area (Å²) in [5.41, 5.74) is 2.83. The van der Waals surface area contributed by atoms with E-state index >= 15 is 0 Å². The van der Waals surface area contributed by atoms with Gasteiger partial charge in [-0.3, -0.25) is 4.90 Å². The quantitative estimate of drug-likeness (QED) is 0.328. The number of nitrogens with zero attached hydrogens (tertiary/aromatic N) is 1. The zero-order valence-electron chi connectivity index (χ0n) is 19.7. The fourth-order valence-electron chi connectivity index (χ4n) is 4.16. The molecule has 0 amide bonds. The first-order valence-corrected chi connectivity index (χ1v) is 11.7. The van der Waals surface area contributed by atoms with E-state index in [2.05, 4.69) is 40.5 Å². The highest BCUT2D eigenvalue weighted by Crippen LogP contribution is 2.30. The van der Waals surface area contributed by atoms with E-state index in [1.54, 1.807) is 19.2 Å². The summed E-state index contributed by atoms with van der Waals surface area (Å²) in [5, 5.41) is 4.03. The molecule has 0 spiro atoms. The first kappa shape index (κ1) is 29.2. The van der Waals surface area contributed by atoms with Crippen LogP contribution < -0.4 is 14.8 Å². The van der Waals surface area contributed by atoms with Gasteiger partial charge in [-0.25, -0.2) is 4.39 Å². The van der Waals surface area contributed by atoms with Crippen molar-refractivity contribution < 1.29 is 13.9 Å². The summed E-state index contributed by atoms with van der Waals surface area (Å²) in [4.78, 5) is 2.52. The summed E-state index contributed by atoms with van der Waals surface area (Å²) in [6.07, 6.45) is 2.27. The molecule has 0 aliphatic carbocycles. The van der Waals surface area contributed by atoms with E-state index in [4.69, 9.17) is 21.1 Å². The second kappa shape index (κ2) is 14.5. The van der Waals surface area contributed by atoms with Crippen LogP contribution in [0.4, 0.5) is 4.39 Å². The normalized spacial score (nSPS) is 14.0. The van der Waals surface area contributed by atoms with E-state index in [0.717, 1.165) is 44.6 Å². The Bertz CT molecular complexity index is 1030. The van der Waals surface area contributed by atoms with Crippen molar-refractivity contribution in [1.82, 2.24) is 10.2 Å². The van der Waals surface area contributed by atoms with Gasteiger partial charge in [-0.1, -0.05) is 54.1 Å². The molecule has 1 fully saturated rings. The van der Waals surface area contributed by atoms with Crippen LogP contribution in [0.15, 0.2) is 66.7 Å². The van der Waals surface area contributed by atoms with Crippen molar-refractivity contribution in [2.24, 2.45) is 0 Å². The standard InChI is InChI=1S/C27H30ClFN2O2.2ClH/c1-32-27-16-21(10-11-26(27)33-19-23-24(28)8-5-9-25(23)29)17-30-22-12-14-31(15-13-22)18-20-6-3-2-4-7-20;;/h2-11,16,22,30H,12-15,17-19H2,1H3;2*1H. The molecule has 4 nitrogen and oxygen atoms in total. The van der Waals surface area contributed by atoms with Crippen LogP contribution in [0.3, 0.4) is 0 Å². The number of benzene rings is 3. The molecule has 0 radical (unpaired) electrons. The molecule has 35 heavy (non-hydrogen) atoms. The highest BCUT2D eigenvalue weighted by atomic mass is 35.5. The van der Waals surface area contributed by atoms with Crippen molar-refractivity contribution in [3.63, 3.8) is 0 Å². The molecule has 0 bridgehead atoms. The zero-order valence-corrected chi connectivity index (χ0v) is 22.1. The SMILES string of the molecule is COc1cc(CNC2CCN(Cc3ccccc3)CC2)ccc1OCc1c(F)cccc1Cl.Cl.Cl. The molecule has 3 aromatic carbocycles. The molecule has 1 aliphatic rings. The van der Waals surface area contributed by atoms with Gasteiger partial charge < -0.3 is 14.8 Å². The lowest BCUT2D eigenvalue weighted by molar-refractivity contribution is 0.190. The van der Waals surface area contributed by atoms with Crippen molar-refractivity contribution in [2.45, 2.75) is 38.6 Å². The van der Waals surface area contributed by atoms with E-state index in [-0.39, 0.29) is 37.2 Å². The third-order valence-electron chi connectivity index (χ3n) is 6.09. The van der Waals surface area contributed by atoms with Crippen LogP contribution >= 0.6 is 36.4 Å². The fraction of sp³-hybridized carbons (Fsp3) is 0.333. The van der Waals surface area contributed by atoms with Crippen molar-refractivity contribution in [3.8, 4) is 11.5 Å². The van der Waals surface area contributed by atoms with Gasteiger partial charge in [0.05, 0.1) is 12.1 Å². The second-order valence-electron chi connectivity index (χ2n) is 8.39. The Labute approximate surface area is 224 Å². The first-order valence-electron chi connectivity index (χ1n) is 11.3. The Balaban J connectivity index is 0.00000216. The van der Waals surface area contributed by atoms with E-state index in [9.17, 15) is 4.39 Å². The molecule has 1 heterocycles. The number of halogens is 4. The lowest BCUT2D eigenvalue weighted by atomic mass is 10.0. The minimum atomic E-state index is -0.378. The van der Waals surface area contributed by atoms with E-state index in [0.29, 0.717) is 28.1 Å². The maximum atomic E-state index is 14.0. The molecule has 3 aromatic rings. The van der Waals surface area contributed by atoms with Crippen LogP contribution in [0.5, 0.6) is 11.5 Å². The fourth-order valence-corrected chi connectivity index (χ4v) is 4.38. The predicted octanol–water partition coefficient (Wildman–Crippen LogP) is 6.66. The minimum Gasteiger partial charge on any atom is -0.493 e. The third kappa shape index (κ3) is 8.26. The van der Waals surface area contributed by atoms with Gasteiger partial charge in [-0.2, -0.15) is 0 Å². The molecule has 1 saturated heterocycles. The van der Waals surface area contributed by atoms with Gasteiger partial charge in [0.15, 0.2) is 11.5 Å². The number of hydrogen-bond acceptors (Lipinski definition) is 4. The largest absolute Gasteiger partial charge is 0.493 e. The van der Waals surface area contributed by atoms with Gasteiger partial charge in [0.1, 0.15) is 12.4 Å². The van der Waals surface area contributed by atoms with Crippen molar-refractivity contribution >= 4 is 36.4 Å². The first-order chi connectivity index (χ1) is 16.1. The van der Waals surface area contributed by atoms with Crippen molar-refractivity contribution in [3.05, 3.63) is 94.3 Å². The average Bonchev–Trinajstić information content (AvgIpc) is 2.84. The summed E-state index contributed by atoms with van der Waals surface area (Å²) in [6.45, 7) is 4.02. The molecule has 4 rings (SSSR count). The van der Waals surface area contributed by atoms with Crippen LogP contribution in [0, 0.1) is 5.82 Å². The summed E-state index contributed by atoms with van der Waals surface area (Å²) >= 11 is 6.10. The molecule has 0 unspecified atom stereocenters. The molecule has 190 valence electrons.